The molecule has 4 nitrogen and oxygen atoms in total. The maximum Gasteiger partial charge on any atom is 0.407 e. The minimum Gasteiger partial charge on any atom is -0.444 e. The molecule has 1 rings (SSSR count). The van der Waals surface area contributed by atoms with E-state index in [1.54, 1.807) is 39.0 Å². The highest BCUT2D eigenvalue weighted by atomic mass is 35.5. The molecular weight excluding hydrogens is 325 g/mol. The van der Waals surface area contributed by atoms with Crippen molar-refractivity contribution in [2.75, 3.05) is 13.2 Å². The SMILES string of the molecule is CC(CO)(CNC(=O)OC(C)(C)C)Cc1cc(Cl)ccc1Cl. The number of ether oxygens (including phenoxy) is 1. The lowest BCUT2D eigenvalue weighted by Gasteiger charge is -2.29. The van der Waals surface area contributed by atoms with E-state index in [4.69, 9.17) is 27.9 Å². The highest BCUT2D eigenvalue weighted by Crippen LogP contribution is 2.28. The molecule has 1 aromatic carbocycles. The number of hydrogen-bond donors (Lipinski definition) is 2. The zero-order chi connectivity index (χ0) is 17.0. The Labute approximate surface area is 141 Å². The molecule has 22 heavy (non-hydrogen) atoms. The molecule has 1 aromatic rings. The third kappa shape index (κ3) is 6.42. The molecule has 0 saturated heterocycles. The lowest BCUT2D eigenvalue weighted by atomic mass is 9.84. The van der Waals surface area contributed by atoms with E-state index >= 15 is 0 Å². The lowest BCUT2D eigenvalue weighted by Crippen LogP contribution is -2.41. The minimum atomic E-state index is -0.564. The number of amides is 1. The maximum absolute atomic E-state index is 11.7. The van der Waals surface area contributed by atoms with E-state index < -0.39 is 17.1 Å². The number of aliphatic hydroxyl groups is 1. The molecule has 1 amide bonds. The van der Waals surface area contributed by atoms with Crippen molar-refractivity contribution in [3.63, 3.8) is 0 Å². The Morgan fingerprint density at radius 3 is 2.45 bits per heavy atom. The number of aliphatic hydroxyl groups excluding tert-OH is 1. The number of carbonyl (C=O) groups excluding carboxylic acids is 1. The second-order valence-electron chi connectivity index (χ2n) is 6.74. The zero-order valence-electron chi connectivity index (χ0n) is 13.4. The molecule has 0 aromatic heterocycles. The summed E-state index contributed by atoms with van der Waals surface area (Å²) < 4.78 is 5.19. The molecule has 0 saturated carbocycles. The highest BCUT2D eigenvalue weighted by Gasteiger charge is 2.27. The molecular formula is C16H23Cl2NO3. The molecule has 1 atom stereocenters. The van der Waals surface area contributed by atoms with Crippen LogP contribution in [0.1, 0.15) is 33.3 Å². The molecule has 0 fully saturated rings. The van der Waals surface area contributed by atoms with Gasteiger partial charge in [0.15, 0.2) is 0 Å². The first-order valence-electron chi connectivity index (χ1n) is 7.06. The fraction of sp³-hybridized carbons (Fsp3) is 0.562. The van der Waals surface area contributed by atoms with Crippen LogP contribution in [-0.2, 0) is 11.2 Å². The van der Waals surface area contributed by atoms with E-state index in [1.807, 2.05) is 6.92 Å². The minimum absolute atomic E-state index is 0.106. The quantitative estimate of drug-likeness (QED) is 0.844. The van der Waals surface area contributed by atoms with Gasteiger partial charge in [-0.25, -0.2) is 4.79 Å². The van der Waals surface area contributed by atoms with E-state index in [0.29, 0.717) is 16.5 Å². The van der Waals surface area contributed by atoms with Crippen molar-refractivity contribution < 1.29 is 14.6 Å². The predicted octanol–water partition coefficient (Wildman–Crippen LogP) is 4.06. The number of carbonyl (C=O) groups is 1. The van der Waals surface area contributed by atoms with Gasteiger partial charge in [-0.1, -0.05) is 30.1 Å². The first-order chi connectivity index (χ1) is 10.0. The molecule has 6 heteroatoms. The highest BCUT2D eigenvalue weighted by molar-refractivity contribution is 6.33. The molecule has 0 aliphatic heterocycles. The second-order valence-corrected chi connectivity index (χ2v) is 7.58. The first-order valence-corrected chi connectivity index (χ1v) is 7.82. The van der Waals surface area contributed by atoms with Crippen LogP contribution >= 0.6 is 23.2 Å². The zero-order valence-corrected chi connectivity index (χ0v) is 14.9. The van der Waals surface area contributed by atoms with Crippen LogP contribution in [0, 0.1) is 5.41 Å². The van der Waals surface area contributed by atoms with Gasteiger partial charge in [-0.2, -0.15) is 0 Å². The van der Waals surface area contributed by atoms with Crippen molar-refractivity contribution in [1.29, 1.82) is 0 Å². The Morgan fingerprint density at radius 2 is 1.91 bits per heavy atom. The number of benzene rings is 1. The van der Waals surface area contributed by atoms with Crippen molar-refractivity contribution >= 4 is 29.3 Å². The molecule has 0 radical (unpaired) electrons. The molecule has 124 valence electrons. The Balaban J connectivity index is 2.72. The van der Waals surface area contributed by atoms with Crippen LogP contribution in [-0.4, -0.2) is 30.0 Å². The van der Waals surface area contributed by atoms with Gasteiger partial charge in [0.1, 0.15) is 5.60 Å². The predicted molar refractivity (Wildman–Crippen MR) is 89.6 cm³/mol. The fourth-order valence-electron chi connectivity index (χ4n) is 1.91. The third-order valence-corrected chi connectivity index (χ3v) is 3.67. The molecule has 0 aliphatic carbocycles. The molecule has 0 heterocycles. The molecule has 2 N–H and O–H groups in total. The lowest BCUT2D eigenvalue weighted by molar-refractivity contribution is 0.0478. The van der Waals surface area contributed by atoms with E-state index in [-0.39, 0.29) is 13.2 Å². The molecule has 0 bridgehead atoms. The normalized spacial score (nSPS) is 14.3. The van der Waals surface area contributed by atoms with Crippen LogP contribution in [0.4, 0.5) is 4.79 Å². The van der Waals surface area contributed by atoms with Crippen molar-refractivity contribution in [2.45, 2.75) is 39.7 Å². The standard InChI is InChI=1S/C16H23Cl2NO3/c1-15(2,3)22-14(21)19-9-16(4,10-20)8-11-7-12(17)5-6-13(11)18/h5-7,20H,8-10H2,1-4H3,(H,19,21). The van der Waals surface area contributed by atoms with E-state index in [1.165, 1.54) is 0 Å². The number of hydrogen-bond acceptors (Lipinski definition) is 3. The molecule has 1 unspecified atom stereocenters. The van der Waals surface area contributed by atoms with Crippen LogP contribution in [0.5, 0.6) is 0 Å². The summed E-state index contributed by atoms with van der Waals surface area (Å²) in [4.78, 5) is 11.7. The molecule has 0 spiro atoms. The summed E-state index contributed by atoms with van der Waals surface area (Å²) in [6.07, 6.45) is -0.0250. The van der Waals surface area contributed by atoms with Crippen LogP contribution in [0.15, 0.2) is 18.2 Å². The number of alkyl carbamates (subject to hydrolysis) is 1. The van der Waals surface area contributed by atoms with Crippen LogP contribution < -0.4 is 5.32 Å². The Kier molecular flexibility index (Phi) is 6.53. The smallest absolute Gasteiger partial charge is 0.407 e. The Morgan fingerprint density at radius 1 is 1.27 bits per heavy atom. The van der Waals surface area contributed by atoms with Gasteiger partial charge in [-0.3, -0.25) is 0 Å². The maximum atomic E-state index is 11.7. The van der Waals surface area contributed by atoms with Gasteiger partial charge in [-0.05, 0) is 51.0 Å². The summed E-state index contributed by atoms with van der Waals surface area (Å²) in [5.41, 5.74) is -0.294. The van der Waals surface area contributed by atoms with Crippen molar-refractivity contribution in [2.24, 2.45) is 5.41 Å². The number of halogens is 2. The van der Waals surface area contributed by atoms with Crippen molar-refractivity contribution in [3.8, 4) is 0 Å². The summed E-state index contributed by atoms with van der Waals surface area (Å²) >= 11 is 12.1. The van der Waals surface area contributed by atoms with Crippen molar-refractivity contribution in [1.82, 2.24) is 5.32 Å². The van der Waals surface area contributed by atoms with Gasteiger partial charge >= 0.3 is 6.09 Å². The third-order valence-electron chi connectivity index (χ3n) is 3.07. The van der Waals surface area contributed by atoms with E-state index in [2.05, 4.69) is 5.32 Å². The van der Waals surface area contributed by atoms with Crippen LogP contribution in [0.3, 0.4) is 0 Å². The Hall–Kier alpha value is -0.970. The van der Waals surface area contributed by atoms with Gasteiger partial charge in [0.05, 0.1) is 6.61 Å². The average Bonchev–Trinajstić information content (AvgIpc) is 2.39. The second kappa shape index (κ2) is 7.53. The summed E-state index contributed by atoms with van der Waals surface area (Å²) in [5, 5.41) is 13.5. The Bertz CT molecular complexity index is 529. The van der Waals surface area contributed by atoms with Gasteiger partial charge in [0.2, 0.25) is 0 Å². The fourth-order valence-corrected chi connectivity index (χ4v) is 2.29. The summed E-state index contributed by atoms with van der Waals surface area (Å²) in [5.74, 6) is 0. The monoisotopic (exact) mass is 347 g/mol. The average molecular weight is 348 g/mol. The number of rotatable bonds is 5. The van der Waals surface area contributed by atoms with Gasteiger partial charge in [0, 0.05) is 22.0 Å². The summed E-state index contributed by atoms with van der Waals surface area (Å²) in [6, 6.07) is 5.20. The summed E-state index contributed by atoms with van der Waals surface area (Å²) in [6.45, 7) is 7.41. The van der Waals surface area contributed by atoms with E-state index in [0.717, 1.165) is 5.56 Å². The van der Waals surface area contributed by atoms with E-state index in [9.17, 15) is 9.90 Å². The van der Waals surface area contributed by atoms with Gasteiger partial charge in [0.25, 0.3) is 0 Å². The summed E-state index contributed by atoms with van der Waals surface area (Å²) in [7, 11) is 0. The first kappa shape index (κ1) is 19.1. The van der Waals surface area contributed by atoms with Crippen LogP contribution in [0.25, 0.3) is 0 Å². The van der Waals surface area contributed by atoms with Gasteiger partial charge < -0.3 is 15.2 Å². The molecule has 0 aliphatic rings. The topological polar surface area (TPSA) is 58.6 Å². The van der Waals surface area contributed by atoms with Crippen molar-refractivity contribution in [3.05, 3.63) is 33.8 Å². The number of nitrogens with one attached hydrogen (secondary N) is 1. The van der Waals surface area contributed by atoms with Gasteiger partial charge in [-0.15, -0.1) is 0 Å². The van der Waals surface area contributed by atoms with Crippen LogP contribution in [0.2, 0.25) is 10.0 Å². The largest absolute Gasteiger partial charge is 0.444 e.